The van der Waals surface area contributed by atoms with Crippen LogP contribution in [-0.2, 0) is 0 Å². The van der Waals surface area contributed by atoms with Crippen LogP contribution in [0.3, 0.4) is 0 Å². The van der Waals surface area contributed by atoms with Gasteiger partial charge < -0.3 is 0 Å². The molecule has 2 N–H and O–H groups in total. The molecule has 0 bridgehead atoms. The van der Waals surface area contributed by atoms with Gasteiger partial charge in [-0.15, -0.1) is 0 Å². The summed E-state index contributed by atoms with van der Waals surface area (Å²) in [6.45, 7) is 0. The van der Waals surface area contributed by atoms with E-state index >= 15 is 0 Å². The van der Waals surface area contributed by atoms with Gasteiger partial charge in [0.05, 0.1) is 0 Å². The fourth-order valence-corrected chi connectivity index (χ4v) is 1.75. The molecule has 2 rings (SSSR count). The summed E-state index contributed by atoms with van der Waals surface area (Å²) in [7, 11) is 0. The molecule has 0 aromatic heterocycles. The van der Waals surface area contributed by atoms with Crippen molar-refractivity contribution < 1.29 is 24.7 Å². The Bertz CT molecular complexity index is 372. The number of hydrogen-bond acceptors (Lipinski definition) is 4. The van der Waals surface area contributed by atoms with E-state index in [-0.39, 0.29) is 0 Å². The Balaban J connectivity index is 2.30. The standard InChI is InChI=1S/C8H7AtN4/c9-7-3-1-2-6(4-7)8-12-10-5-11-13-8/h1-5H,(H,10,11)(H,12,13). The van der Waals surface area contributed by atoms with Gasteiger partial charge in [-0.3, -0.25) is 0 Å². The van der Waals surface area contributed by atoms with Crippen LogP contribution in [0.1, 0.15) is 5.56 Å². The monoisotopic (exact) mass is 369 g/mol. The molecule has 0 unspecified atom stereocenters. The molecule has 0 amide bonds. The molecule has 1 heterocycles. The first-order valence-electron chi connectivity index (χ1n) is 3.73. The van der Waals surface area contributed by atoms with Crippen molar-refractivity contribution in [3.8, 4) is 0 Å². The molecule has 13 heavy (non-hydrogen) atoms. The number of nitrogens with zero attached hydrogens (tertiary/aromatic N) is 2. The Kier molecular flexibility index (Phi) is 2.55. The van der Waals surface area contributed by atoms with E-state index < -0.39 is 0 Å². The van der Waals surface area contributed by atoms with Crippen LogP contribution in [0.4, 0.5) is 0 Å². The Morgan fingerprint density at radius 2 is 2.23 bits per heavy atom. The fourth-order valence-electron chi connectivity index (χ4n) is 1.01. The third-order valence-corrected chi connectivity index (χ3v) is 2.48. The first kappa shape index (κ1) is 8.63. The maximum absolute atomic E-state index is 4.05. The van der Waals surface area contributed by atoms with Gasteiger partial charge in [-0.2, -0.15) is 0 Å². The van der Waals surface area contributed by atoms with Crippen molar-refractivity contribution >= 4 is 15.4 Å². The predicted octanol–water partition coefficient (Wildman–Crippen LogP) is -0.341. The summed E-state index contributed by atoms with van der Waals surface area (Å²) < 4.78 is 1.26. The third kappa shape index (κ3) is 2.04. The number of hydrogen-bond donors (Lipinski definition) is 2. The van der Waals surface area contributed by atoms with Crippen LogP contribution in [0.2, 0.25) is 0 Å². The van der Waals surface area contributed by atoms with Gasteiger partial charge in [0.1, 0.15) is 0 Å². The molecule has 0 saturated carbocycles. The van der Waals surface area contributed by atoms with Gasteiger partial charge in [0.2, 0.25) is 0 Å². The topological polar surface area (TPSA) is 48.8 Å². The summed E-state index contributed by atoms with van der Waals surface area (Å²) in [6, 6.07) is 8.15. The van der Waals surface area contributed by atoms with Gasteiger partial charge in [0.25, 0.3) is 0 Å². The second-order valence-corrected chi connectivity index (χ2v) is 4.17. The molecule has 1 aliphatic heterocycles. The first-order valence-corrected chi connectivity index (χ1v) is 5.20. The molecule has 1 aromatic rings. The zero-order chi connectivity index (χ0) is 9.10. The normalized spacial score (nSPS) is 14.4. The molecule has 1 aliphatic rings. The van der Waals surface area contributed by atoms with Crippen LogP contribution in [0.25, 0.3) is 0 Å². The second-order valence-electron chi connectivity index (χ2n) is 2.47. The number of nitrogens with one attached hydrogen (secondary N) is 2. The minimum absolute atomic E-state index is 0.751. The quantitative estimate of drug-likeness (QED) is 0.712. The summed E-state index contributed by atoms with van der Waals surface area (Å²) >= 11 is 1.65. The van der Waals surface area contributed by atoms with E-state index in [2.05, 4.69) is 33.2 Å². The minimum atomic E-state index is 0.751. The average Bonchev–Trinajstić information content (AvgIpc) is 2.19. The molecule has 5 heteroatoms. The molecule has 66 valence electrons. The van der Waals surface area contributed by atoms with E-state index in [1.165, 1.54) is 9.61 Å². The SMILES string of the molecule is [At]c1cccc(C2=NNC=NN2)c1. The number of rotatable bonds is 1. The Morgan fingerprint density at radius 1 is 1.31 bits per heavy atom. The van der Waals surface area contributed by atoms with Gasteiger partial charge in [-0.1, -0.05) is 0 Å². The number of hydrazone groups is 2. The maximum atomic E-state index is 4.05. The Labute approximate surface area is 91.0 Å². The molecule has 0 atom stereocenters. The zero-order valence-corrected chi connectivity index (χ0v) is 9.60. The van der Waals surface area contributed by atoms with Gasteiger partial charge in [-0.05, 0) is 0 Å². The van der Waals surface area contributed by atoms with Crippen molar-refractivity contribution in [3.05, 3.63) is 29.8 Å². The Morgan fingerprint density at radius 3 is 2.92 bits per heavy atom. The van der Waals surface area contributed by atoms with Crippen molar-refractivity contribution in [2.45, 2.75) is 0 Å². The van der Waals surface area contributed by atoms with Crippen LogP contribution in [0, 0.1) is 24.7 Å². The van der Waals surface area contributed by atoms with Gasteiger partial charge in [0.15, 0.2) is 0 Å². The van der Waals surface area contributed by atoms with E-state index in [0.29, 0.717) is 0 Å². The van der Waals surface area contributed by atoms with Crippen LogP contribution < -0.4 is 14.1 Å². The summed E-state index contributed by atoms with van der Waals surface area (Å²) in [5.74, 6) is 0.751. The first-order chi connectivity index (χ1) is 6.36. The van der Waals surface area contributed by atoms with Gasteiger partial charge >= 0.3 is 91.0 Å². The van der Waals surface area contributed by atoms with Crippen molar-refractivity contribution in [2.75, 3.05) is 0 Å². The fraction of sp³-hybridized carbons (Fsp3) is 0. The van der Waals surface area contributed by atoms with E-state index in [0.717, 1.165) is 11.4 Å². The number of benzene rings is 1. The molecule has 0 saturated heterocycles. The molecular formula is C8H7AtN4. The summed E-state index contributed by atoms with van der Waals surface area (Å²) in [6.07, 6.45) is 1.50. The van der Waals surface area contributed by atoms with E-state index in [9.17, 15) is 0 Å². The number of amidine groups is 1. The van der Waals surface area contributed by atoms with Gasteiger partial charge in [-0.25, -0.2) is 0 Å². The molecule has 4 nitrogen and oxygen atoms in total. The molecular weight excluding hydrogens is 362 g/mol. The molecule has 1 aromatic carbocycles. The summed E-state index contributed by atoms with van der Waals surface area (Å²) in [5.41, 5.74) is 6.56. The Hall–Kier alpha value is -0.957. The molecule has 0 radical (unpaired) electrons. The molecule has 0 spiro atoms. The van der Waals surface area contributed by atoms with Crippen LogP contribution in [-0.4, -0.2) is 12.2 Å². The molecule has 0 fully saturated rings. The van der Waals surface area contributed by atoms with Gasteiger partial charge in [0, 0.05) is 0 Å². The van der Waals surface area contributed by atoms with E-state index in [1.807, 2.05) is 12.1 Å². The van der Waals surface area contributed by atoms with Crippen molar-refractivity contribution in [1.29, 1.82) is 0 Å². The van der Waals surface area contributed by atoms with Crippen molar-refractivity contribution in [3.63, 3.8) is 0 Å². The predicted molar refractivity (Wildman–Crippen MR) is 47.4 cm³/mol. The van der Waals surface area contributed by atoms with Crippen molar-refractivity contribution in [1.82, 2.24) is 10.9 Å². The second kappa shape index (κ2) is 3.83. The zero-order valence-electron chi connectivity index (χ0n) is 6.66. The summed E-state index contributed by atoms with van der Waals surface area (Å²) in [4.78, 5) is 0. The van der Waals surface area contributed by atoms with Crippen molar-refractivity contribution in [2.24, 2.45) is 10.2 Å². The van der Waals surface area contributed by atoms with Crippen LogP contribution in [0.15, 0.2) is 34.5 Å². The average molecular weight is 369 g/mol. The summed E-state index contributed by atoms with van der Waals surface area (Å²) in [5, 5.41) is 7.91. The van der Waals surface area contributed by atoms with E-state index in [4.69, 9.17) is 0 Å². The van der Waals surface area contributed by atoms with Crippen LogP contribution in [0.5, 0.6) is 0 Å². The molecule has 0 aliphatic carbocycles. The van der Waals surface area contributed by atoms with Crippen LogP contribution >= 0.6 is 0 Å². The van der Waals surface area contributed by atoms with E-state index in [1.54, 1.807) is 24.7 Å². The third-order valence-electron chi connectivity index (χ3n) is 1.57.